The molecule has 134 valence electrons. The van der Waals surface area contributed by atoms with Crippen molar-refractivity contribution in [3.05, 3.63) is 0 Å². The molecule has 0 unspecified atom stereocenters. The average molecular weight is 350 g/mol. The van der Waals surface area contributed by atoms with E-state index >= 15 is 0 Å². The number of sulfonamides is 1. The van der Waals surface area contributed by atoms with Gasteiger partial charge in [-0.2, -0.15) is 4.31 Å². The van der Waals surface area contributed by atoms with Gasteiger partial charge in [-0.25, -0.2) is 13.2 Å². The number of carboxylic acids is 1. The highest BCUT2D eigenvalue weighted by atomic mass is 32.2. The highest BCUT2D eigenvalue weighted by Gasteiger charge is 2.39. The second kappa shape index (κ2) is 7.04. The SMILES string of the molecule is CC(C)S(=O)(=O)N1CCN(C(=O)OC(C)(C)C)[C@@H](CC(=O)O)C1. The standard InChI is InChI=1S/C14H26N2O6S/c1-10(2)23(20,21)15-6-7-16(11(9-15)8-12(17)18)13(19)22-14(3,4)5/h10-11H,6-9H2,1-5H3,(H,17,18)/t11-/m0/s1. The number of rotatable bonds is 4. The van der Waals surface area contributed by atoms with Crippen LogP contribution < -0.4 is 0 Å². The largest absolute Gasteiger partial charge is 0.481 e. The Hall–Kier alpha value is -1.35. The number of piperazine rings is 1. The molecule has 0 radical (unpaired) electrons. The zero-order chi connectivity index (χ0) is 18.0. The molecule has 1 N–H and O–H groups in total. The van der Waals surface area contributed by atoms with Crippen molar-refractivity contribution >= 4 is 22.1 Å². The first kappa shape index (κ1) is 19.7. The van der Waals surface area contributed by atoms with E-state index in [2.05, 4.69) is 0 Å². The number of ether oxygens (including phenoxy) is 1. The Labute approximate surface area is 137 Å². The fourth-order valence-corrected chi connectivity index (χ4v) is 3.61. The van der Waals surface area contributed by atoms with Gasteiger partial charge in [-0.3, -0.25) is 4.79 Å². The summed E-state index contributed by atoms with van der Waals surface area (Å²) in [6, 6.07) is -0.746. The Morgan fingerprint density at radius 1 is 1.26 bits per heavy atom. The van der Waals surface area contributed by atoms with Gasteiger partial charge in [0.25, 0.3) is 0 Å². The van der Waals surface area contributed by atoms with Gasteiger partial charge in [0.05, 0.1) is 17.7 Å². The maximum atomic E-state index is 12.3. The molecule has 1 heterocycles. The van der Waals surface area contributed by atoms with Crippen LogP contribution in [0.4, 0.5) is 4.79 Å². The molecule has 1 fully saturated rings. The van der Waals surface area contributed by atoms with E-state index < -0.39 is 39.0 Å². The van der Waals surface area contributed by atoms with E-state index in [0.29, 0.717) is 0 Å². The number of carboxylic acid groups (broad SMARTS) is 1. The molecule has 1 saturated heterocycles. The lowest BCUT2D eigenvalue weighted by molar-refractivity contribution is -0.138. The molecule has 1 rings (SSSR count). The first-order valence-electron chi connectivity index (χ1n) is 7.55. The molecule has 0 bridgehead atoms. The van der Waals surface area contributed by atoms with Gasteiger partial charge < -0.3 is 14.7 Å². The van der Waals surface area contributed by atoms with Crippen molar-refractivity contribution in [3.8, 4) is 0 Å². The van der Waals surface area contributed by atoms with Gasteiger partial charge >= 0.3 is 12.1 Å². The van der Waals surface area contributed by atoms with Crippen molar-refractivity contribution in [3.63, 3.8) is 0 Å². The zero-order valence-electron chi connectivity index (χ0n) is 14.3. The fraction of sp³-hybridized carbons (Fsp3) is 0.857. The Balaban J connectivity index is 2.95. The van der Waals surface area contributed by atoms with Crippen LogP contribution in [0.2, 0.25) is 0 Å². The molecule has 0 spiro atoms. The molecule has 1 atom stereocenters. The van der Waals surface area contributed by atoms with Crippen LogP contribution in [0, 0.1) is 0 Å². The summed E-state index contributed by atoms with van der Waals surface area (Å²) in [5.74, 6) is -1.09. The van der Waals surface area contributed by atoms with Crippen molar-refractivity contribution in [2.24, 2.45) is 0 Å². The van der Waals surface area contributed by atoms with Crippen LogP contribution >= 0.6 is 0 Å². The molecular weight excluding hydrogens is 324 g/mol. The predicted octanol–water partition coefficient (Wildman–Crippen LogP) is 1.12. The van der Waals surface area contributed by atoms with E-state index in [1.165, 1.54) is 9.21 Å². The van der Waals surface area contributed by atoms with Gasteiger partial charge in [0.15, 0.2) is 0 Å². The van der Waals surface area contributed by atoms with E-state index in [4.69, 9.17) is 9.84 Å². The predicted molar refractivity (Wildman–Crippen MR) is 84.6 cm³/mol. The number of nitrogens with zero attached hydrogens (tertiary/aromatic N) is 2. The van der Waals surface area contributed by atoms with Crippen LogP contribution in [0.15, 0.2) is 0 Å². The lowest BCUT2D eigenvalue weighted by Crippen LogP contribution is -2.58. The Morgan fingerprint density at radius 3 is 2.26 bits per heavy atom. The first-order chi connectivity index (χ1) is 10.3. The van der Waals surface area contributed by atoms with Crippen LogP contribution in [0.1, 0.15) is 41.0 Å². The molecule has 9 heteroatoms. The van der Waals surface area contributed by atoms with Crippen molar-refractivity contribution in [1.82, 2.24) is 9.21 Å². The van der Waals surface area contributed by atoms with Crippen molar-refractivity contribution in [1.29, 1.82) is 0 Å². The molecule has 0 aliphatic carbocycles. The van der Waals surface area contributed by atoms with E-state index in [9.17, 15) is 18.0 Å². The number of aliphatic carboxylic acids is 1. The molecule has 0 aromatic rings. The van der Waals surface area contributed by atoms with Gasteiger partial charge in [-0.15, -0.1) is 0 Å². The topological polar surface area (TPSA) is 104 Å². The number of hydrogen-bond acceptors (Lipinski definition) is 5. The summed E-state index contributed by atoms with van der Waals surface area (Å²) < 4.78 is 31.1. The van der Waals surface area contributed by atoms with Gasteiger partial charge in [0.2, 0.25) is 10.0 Å². The summed E-state index contributed by atoms with van der Waals surface area (Å²) in [6.07, 6.45) is -0.950. The molecule has 23 heavy (non-hydrogen) atoms. The third-order valence-electron chi connectivity index (χ3n) is 3.44. The number of carbonyl (C=O) groups excluding carboxylic acids is 1. The molecular formula is C14H26N2O6S. The van der Waals surface area contributed by atoms with Crippen LogP contribution in [-0.2, 0) is 19.6 Å². The third kappa shape index (κ3) is 5.35. The fourth-order valence-electron chi connectivity index (χ4n) is 2.29. The minimum absolute atomic E-state index is 0.0357. The molecule has 1 aliphatic rings. The summed E-state index contributed by atoms with van der Waals surface area (Å²) >= 11 is 0. The summed E-state index contributed by atoms with van der Waals surface area (Å²) in [5, 5.41) is 8.45. The Bertz CT molecular complexity index is 552. The lowest BCUT2D eigenvalue weighted by Gasteiger charge is -2.41. The molecule has 1 aliphatic heterocycles. The molecule has 0 saturated carbocycles. The van der Waals surface area contributed by atoms with Gasteiger partial charge in [0.1, 0.15) is 5.60 Å². The van der Waals surface area contributed by atoms with Gasteiger partial charge in [-0.1, -0.05) is 0 Å². The molecule has 0 aromatic carbocycles. The number of hydrogen-bond donors (Lipinski definition) is 1. The smallest absolute Gasteiger partial charge is 0.410 e. The van der Waals surface area contributed by atoms with Crippen molar-refractivity contribution < 1.29 is 27.9 Å². The monoisotopic (exact) mass is 350 g/mol. The third-order valence-corrected chi connectivity index (χ3v) is 5.68. The average Bonchev–Trinajstić information content (AvgIpc) is 2.35. The highest BCUT2D eigenvalue weighted by molar-refractivity contribution is 7.89. The Kier molecular flexibility index (Phi) is 6.03. The van der Waals surface area contributed by atoms with E-state index in [1.807, 2.05) is 0 Å². The summed E-state index contributed by atoms with van der Waals surface area (Å²) in [5.41, 5.74) is -0.702. The normalized spacial score (nSPS) is 20.6. The lowest BCUT2D eigenvalue weighted by atomic mass is 10.1. The van der Waals surface area contributed by atoms with Crippen molar-refractivity contribution in [2.75, 3.05) is 19.6 Å². The van der Waals surface area contributed by atoms with Crippen LogP contribution in [0.3, 0.4) is 0 Å². The summed E-state index contributed by atoms with van der Waals surface area (Å²) in [7, 11) is -3.49. The minimum atomic E-state index is -3.49. The van der Waals surface area contributed by atoms with Crippen molar-refractivity contribution in [2.45, 2.75) is 57.9 Å². The van der Waals surface area contributed by atoms with Crippen LogP contribution in [0.5, 0.6) is 0 Å². The van der Waals surface area contributed by atoms with Crippen LogP contribution in [0.25, 0.3) is 0 Å². The van der Waals surface area contributed by atoms with E-state index in [0.717, 1.165) is 0 Å². The quantitative estimate of drug-likeness (QED) is 0.815. The van der Waals surface area contributed by atoms with Gasteiger partial charge in [-0.05, 0) is 34.6 Å². The Morgan fingerprint density at radius 2 is 1.83 bits per heavy atom. The first-order valence-corrected chi connectivity index (χ1v) is 9.05. The second-order valence-corrected chi connectivity index (χ2v) is 9.37. The molecule has 1 amide bonds. The summed E-state index contributed by atoms with van der Waals surface area (Å²) in [4.78, 5) is 24.6. The second-order valence-electron chi connectivity index (χ2n) is 6.88. The summed E-state index contributed by atoms with van der Waals surface area (Å²) in [6.45, 7) is 8.51. The van der Waals surface area contributed by atoms with E-state index in [1.54, 1.807) is 34.6 Å². The maximum absolute atomic E-state index is 12.3. The van der Waals surface area contributed by atoms with Crippen LogP contribution in [-0.4, -0.2) is 71.3 Å². The number of carbonyl (C=O) groups is 2. The maximum Gasteiger partial charge on any atom is 0.410 e. The highest BCUT2D eigenvalue weighted by Crippen LogP contribution is 2.21. The molecule has 0 aromatic heterocycles. The van der Waals surface area contributed by atoms with Gasteiger partial charge in [0, 0.05) is 19.6 Å². The number of amides is 1. The van der Waals surface area contributed by atoms with E-state index in [-0.39, 0.29) is 26.1 Å². The molecule has 8 nitrogen and oxygen atoms in total. The zero-order valence-corrected chi connectivity index (χ0v) is 15.1. The minimum Gasteiger partial charge on any atom is -0.481 e.